The molecule has 0 bridgehead atoms. The lowest BCUT2D eigenvalue weighted by molar-refractivity contribution is 1.28. The molecule has 0 aliphatic heterocycles. The minimum absolute atomic E-state index is 0.0204. The van der Waals surface area contributed by atoms with E-state index in [2.05, 4.69) is 0 Å². The van der Waals surface area contributed by atoms with E-state index in [0.29, 0.717) is 11.1 Å². The largest absolute Gasteiger partial charge is 0.310 e. The molecule has 0 aliphatic rings. The Balaban J connectivity index is 1.41. The zero-order valence-electron chi connectivity index (χ0n) is 38.0. The standard InChI is InChI=1S/C46H33N/c1-3-12-34(13-4-1)36-24-28-42(29-25-36)47(44-21-10-20-41(33-44)46-23-11-17-38-16-7-8-22-45(38)46)43-30-26-37(27-31-43)40-19-9-18-39(32-40)35-14-5-2-6-15-35/h1-33H/i1D,3D,4D,12D,13D,24D,25D,26D,27D,28D,29D,30D,31D. The molecule has 47 heavy (non-hydrogen) atoms. The van der Waals surface area contributed by atoms with Crippen molar-refractivity contribution in [1.29, 1.82) is 0 Å². The van der Waals surface area contributed by atoms with Crippen LogP contribution in [0.25, 0.3) is 55.3 Å². The number of nitrogens with zero attached hydrogens (tertiary/aromatic N) is 1. The Labute approximate surface area is 294 Å². The predicted molar refractivity (Wildman–Crippen MR) is 200 cm³/mol. The van der Waals surface area contributed by atoms with E-state index in [-0.39, 0.29) is 16.9 Å². The fourth-order valence-corrected chi connectivity index (χ4v) is 5.62. The van der Waals surface area contributed by atoms with E-state index in [1.54, 1.807) is 36.4 Å². The van der Waals surface area contributed by atoms with Gasteiger partial charge in [0.2, 0.25) is 0 Å². The average Bonchev–Trinajstić information content (AvgIpc) is 3.27. The topological polar surface area (TPSA) is 3.24 Å². The molecule has 0 spiro atoms. The summed E-state index contributed by atoms with van der Waals surface area (Å²) < 4.78 is 116. The van der Waals surface area contributed by atoms with Crippen molar-refractivity contribution in [3.8, 4) is 44.5 Å². The Kier molecular flexibility index (Phi) is 4.72. The number of fused-ring (bicyclic) bond motifs is 1. The van der Waals surface area contributed by atoms with Crippen molar-refractivity contribution in [3.63, 3.8) is 0 Å². The first-order valence-electron chi connectivity index (χ1n) is 21.5. The summed E-state index contributed by atoms with van der Waals surface area (Å²) in [7, 11) is 0. The van der Waals surface area contributed by atoms with E-state index >= 15 is 0 Å². The van der Waals surface area contributed by atoms with Crippen molar-refractivity contribution in [2.45, 2.75) is 0 Å². The van der Waals surface area contributed by atoms with Gasteiger partial charge in [-0.05, 0) is 97.6 Å². The molecule has 0 heterocycles. The second-order valence-corrected chi connectivity index (χ2v) is 10.8. The molecule has 0 atom stereocenters. The van der Waals surface area contributed by atoms with Crippen molar-refractivity contribution >= 4 is 27.8 Å². The van der Waals surface area contributed by atoms with Crippen molar-refractivity contribution < 1.29 is 17.8 Å². The minimum Gasteiger partial charge on any atom is -0.310 e. The highest BCUT2D eigenvalue weighted by Crippen LogP contribution is 2.39. The van der Waals surface area contributed by atoms with Crippen molar-refractivity contribution in [3.05, 3.63) is 200 Å². The van der Waals surface area contributed by atoms with Crippen LogP contribution >= 0.6 is 0 Å². The molecule has 0 fully saturated rings. The van der Waals surface area contributed by atoms with Gasteiger partial charge >= 0.3 is 0 Å². The SMILES string of the molecule is [2H]c1c([2H])c([2H])c(-c2c([2H])c([2H])c(N(c3cccc(-c4cccc5ccccc45)c3)c3c([2H])c([2H])c(-c4cccc(-c5ccccc5)c4)c([2H])c3[2H])c([2H])c2[2H])c([2H])c1[2H]. The first-order chi connectivity index (χ1) is 28.7. The van der Waals surface area contributed by atoms with Crippen LogP contribution in [0.3, 0.4) is 0 Å². The van der Waals surface area contributed by atoms with Crippen LogP contribution in [0.15, 0.2) is 200 Å². The maximum Gasteiger partial charge on any atom is 0.0645 e. The van der Waals surface area contributed by atoms with Gasteiger partial charge in [-0.1, -0.05) is 158 Å². The molecule has 0 radical (unpaired) electrons. The molecule has 1 heteroatoms. The van der Waals surface area contributed by atoms with Gasteiger partial charge in [0.15, 0.2) is 0 Å². The van der Waals surface area contributed by atoms with Gasteiger partial charge < -0.3 is 4.90 Å². The molecular formula is C46H33N. The zero-order chi connectivity index (χ0) is 42.7. The third kappa shape index (κ3) is 5.83. The van der Waals surface area contributed by atoms with Crippen molar-refractivity contribution in [2.24, 2.45) is 0 Å². The van der Waals surface area contributed by atoms with E-state index in [0.717, 1.165) is 27.5 Å². The van der Waals surface area contributed by atoms with Crippen molar-refractivity contribution in [1.82, 2.24) is 0 Å². The van der Waals surface area contributed by atoms with Crippen LogP contribution in [-0.2, 0) is 0 Å². The summed E-state index contributed by atoms with van der Waals surface area (Å²) in [6.07, 6.45) is 0. The maximum atomic E-state index is 9.49. The smallest absolute Gasteiger partial charge is 0.0645 e. The molecule has 222 valence electrons. The molecule has 0 saturated heterocycles. The molecular weight excluding hydrogens is 567 g/mol. The molecule has 0 aromatic heterocycles. The summed E-state index contributed by atoms with van der Waals surface area (Å²) in [4.78, 5) is 1.19. The van der Waals surface area contributed by atoms with Gasteiger partial charge in [0.05, 0.1) is 17.8 Å². The van der Waals surface area contributed by atoms with Crippen LogP contribution in [0.5, 0.6) is 0 Å². The predicted octanol–water partition coefficient (Wildman–Crippen LogP) is 13.0. The third-order valence-electron chi connectivity index (χ3n) is 7.88. The second-order valence-electron chi connectivity index (χ2n) is 10.8. The van der Waals surface area contributed by atoms with Gasteiger partial charge in [-0.25, -0.2) is 0 Å². The first-order valence-corrected chi connectivity index (χ1v) is 15.0. The van der Waals surface area contributed by atoms with Crippen LogP contribution in [0, 0.1) is 0 Å². The van der Waals surface area contributed by atoms with Gasteiger partial charge in [-0.2, -0.15) is 0 Å². The molecule has 1 nitrogen and oxygen atoms in total. The third-order valence-corrected chi connectivity index (χ3v) is 7.88. The average molecular weight is 613 g/mol. The van der Waals surface area contributed by atoms with Gasteiger partial charge in [-0.15, -0.1) is 0 Å². The number of rotatable bonds is 7. The Morgan fingerprint density at radius 2 is 0.872 bits per heavy atom. The summed E-state index contributed by atoms with van der Waals surface area (Å²) in [5, 5.41) is 1.88. The number of anilines is 3. The summed E-state index contributed by atoms with van der Waals surface area (Å²) in [5.74, 6) is 0. The van der Waals surface area contributed by atoms with Crippen molar-refractivity contribution in [2.75, 3.05) is 4.90 Å². The summed E-state index contributed by atoms with van der Waals surface area (Å²) >= 11 is 0. The fourth-order valence-electron chi connectivity index (χ4n) is 5.62. The Bertz CT molecular complexity index is 2950. The lowest BCUT2D eigenvalue weighted by atomic mass is 9.97. The minimum atomic E-state index is -0.732. The molecule has 0 saturated carbocycles. The van der Waals surface area contributed by atoms with Crippen LogP contribution in [-0.4, -0.2) is 0 Å². The first kappa shape index (κ1) is 17.5. The van der Waals surface area contributed by atoms with E-state index < -0.39 is 95.4 Å². The van der Waals surface area contributed by atoms with Gasteiger partial charge in [0, 0.05) is 17.1 Å². The molecule has 0 aliphatic carbocycles. The van der Waals surface area contributed by atoms with E-state index in [9.17, 15) is 11.0 Å². The van der Waals surface area contributed by atoms with Crippen LogP contribution in [0.2, 0.25) is 0 Å². The van der Waals surface area contributed by atoms with Gasteiger partial charge in [0.25, 0.3) is 0 Å². The summed E-state index contributed by atoms with van der Waals surface area (Å²) in [6, 6.07) is 28.8. The van der Waals surface area contributed by atoms with Crippen LogP contribution in [0.4, 0.5) is 17.1 Å². The molecule has 8 rings (SSSR count). The van der Waals surface area contributed by atoms with Crippen LogP contribution < -0.4 is 4.90 Å². The number of hydrogen-bond donors (Lipinski definition) is 0. The Morgan fingerprint density at radius 3 is 1.62 bits per heavy atom. The number of hydrogen-bond acceptors (Lipinski definition) is 1. The maximum absolute atomic E-state index is 9.49. The molecule has 0 unspecified atom stereocenters. The van der Waals surface area contributed by atoms with Gasteiger partial charge in [0.1, 0.15) is 0 Å². The molecule has 0 amide bonds. The quantitative estimate of drug-likeness (QED) is 0.173. The highest BCUT2D eigenvalue weighted by atomic mass is 15.1. The van der Waals surface area contributed by atoms with Gasteiger partial charge in [-0.3, -0.25) is 0 Å². The lowest BCUT2D eigenvalue weighted by Crippen LogP contribution is -2.10. The fraction of sp³-hybridized carbons (Fsp3) is 0. The molecule has 8 aromatic rings. The Hall–Kier alpha value is -6.18. The lowest BCUT2D eigenvalue weighted by Gasteiger charge is -2.26. The monoisotopic (exact) mass is 612 g/mol. The van der Waals surface area contributed by atoms with E-state index in [1.807, 2.05) is 84.9 Å². The number of benzene rings is 8. The second kappa shape index (κ2) is 12.7. The molecule has 0 N–H and O–H groups in total. The highest BCUT2D eigenvalue weighted by Gasteiger charge is 2.15. The van der Waals surface area contributed by atoms with Crippen LogP contribution in [0.1, 0.15) is 17.8 Å². The normalized spacial score (nSPS) is 14.9. The Morgan fingerprint density at radius 1 is 0.340 bits per heavy atom. The van der Waals surface area contributed by atoms with E-state index in [1.165, 1.54) is 4.90 Å². The highest BCUT2D eigenvalue weighted by molar-refractivity contribution is 5.97. The zero-order valence-corrected chi connectivity index (χ0v) is 25.0. The van der Waals surface area contributed by atoms with E-state index in [4.69, 9.17) is 6.85 Å². The molecule has 8 aromatic carbocycles. The summed E-state index contributed by atoms with van der Waals surface area (Å²) in [6.45, 7) is 0. The summed E-state index contributed by atoms with van der Waals surface area (Å²) in [5.41, 5.74) is 1.99.